The number of aryl methyl sites for hydroxylation is 1. The third-order valence-electron chi connectivity index (χ3n) is 5.03. The summed E-state index contributed by atoms with van der Waals surface area (Å²) in [7, 11) is 0. The number of rotatable bonds is 5. The fourth-order valence-electron chi connectivity index (χ4n) is 3.54. The van der Waals surface area contributed by atoms with Gasteiger partial charge in [-0.1, -0.05) is 41.9 Å². The minimum atomic E-state index is -0.239. The smallest absolute Gasteiger partial charge is 0.256 e. The zero-order valence-electron chi connectivity index (χ0n) is 15.8. The molecule has 1 aromatic heterocycles. The number of hydrogen-bond acceptors (Lipinski definition) is 3. The molecule has 0 aliphatic heterocycles. The number of anilines is 1. The Balaban J connectivity index is 1.58. The molecule has 0 fully saturated rings. The highest BCUT2D eigenvalue weighted by atomic mass is 35.5. The normalized spacial score (nSPS) is 12.9. The average molecular weight is 425 g/mol. The second-order valence-corrected chi connectivity index (χ2v) is 8.59. The van der Waals surface area contributed by atoms with E-state index in [0.29, 0.717) is 27.7 Å². The standard InChI is InChI=1S/C23H21ClN2O2S/c24-17-12-10-16(11-13-17)21(27)26-23-20(18-8-4-5-9-19(18)29-23)22(28)25-14-15-6-2-1-3-7-15/h1-3,6-7,10-13H,4-5,8-9,14H2,(H,25,28)(H,26,27). The minimum Gasteiger partial charge on any atom is -0.348 e. The first-order valence-electron chi connectivity index (χ1n) is 9.65. The summed E-state index contributed by atoms with van der Waals surface area (Å²) in [6.45, 7) is 0.453. The molecule has 0 unspecified atom stereocenters. The molecule has 0 saturated heterocycles. The first kappa shape index (κ1) is 19.7. The van der Waals surface area contributed by atoms with E-state index in [-0.39, 0.29) is 11.8 Å². The van der Waals surface area contributed by atoms with Crippen LogP contribution in [0.15, 0.2) is 54.6 Å². The fraction of sp³-hybridized carbons (Fsp3) is 0.217. The van der Waals surface area contributed by atoms with Gasteiger partial charge in [-0.15, -0.1) is 11.3 Å². The van der Waals surface area contributed by atoms with E-state index in [2.05, 4.69) is 10.6 Å². The average Bonchev–Trinajstić information content (AvgIpc) is 3.11. The minimum absolute atomic E-state index is 0.139. The van der Waals surface area contributed by atoms with Gasteiger partial charge in [-0.2, -0.15) is 0 Å². The van der Waals surface area contributed by atoms with Crippen LogP contribution >= 0.6 is 22.9 Å². The van der Waals surface area contributed by atoms with Gasteiger partial charge < -0.3 is 10.6 Å². The lowest BCUT2D eigenvalue weighted by molar-refractivity contribution is 0.0951. The van der Waals surface area contributed by atoms with Gasteiger partial charge in [0.2, 0.25) is 0 Å². The number of carbonyl (C=O) groups excluding carboxylic acids is 2. The van der Waals surface area contributed by atoms with Gasteiger partial charge in [-0.3, -0.25) is 9.59 Å². The molecule has 0 spiro atoms. The van der Waals surface area contributed by atoms with Crippen molar-refractivity contribution in [2.75, 3.05) is 5.32 Å². The number of thiophene rings is 1. The van der Waals surface area contributed by atoms with E-state index in [4.69, 9.17) is 11.6 Å². The summed E-state index contributed by atoms with van der Waals surface area (Å²) in [5.74, 6) is -0.378. The lowest BCUT2D eigenvalue weighted by Crippen LogP contribution is -2.25. The van der Waals surface area contributed by atoms with Gasteiger partial charge in [0.05, 0.1) is 5.56 Å². The molecule has 0 atom stereocenters. The second-order valence-electron chi connectivity index (χ2n) is 7.04. The Bertz CT molecular complexity index is 1030. The van der Waals surface area contributed by atoms with Crippen molar-refractivity contribution >= 4 is 39.8 Å². The van der Waals surface area contributed by atoms with Gasteiger partial charge in [0.1, 0.15) is 5.00 Å². The van der Waals surface area contributed by atoms with Gasteiger partial charge in [0, 0.05) is 22.0 Å². The van der Waals surface area contributed by atoms with Crippen molar-refractivity contribution in [1.29, 1.82) is 0 Å². The summed E-state index contributed by atoms with van der Waals surface area (Å²) >= 11 is 7.43. The molecular weight excluding hydrogens is 404 g/mol. The van der Waals surface area contributed by atoms with Crippen LogP contribution in [0.3, 0.4) is 0 Å². The van der Waals surface area contributed by atoms with Gasteiger partial charge >= 0.3 is 0 Å². The van der Waals surface area contributed by atoms with Crippen molar-refractivity contribution in [3.05, 3.63) is 86.8 Å². The first-order valence-corrected chi connectivity index (χ1v) is 10.8. The number of amides is 2. The van der Waals surface area contributed by atoms with Crippen molar-refractivity contribution in [2.24, 2.45) is 0 Å². The summed E-state index contributed by atoms with van der Waals surface area (Å²) in [5.41, 5.74) is 3.24. The SMILES string of the molecule is O=C(Nc1sc2c(c1C(=O)NCc1ccccc1)CCCC2)c1ccc(Cl)cc1. The molecule has 0 radical (unpaired) electrons. The van der Waals surface area contributed by atoms with E-state index < -0.39 is 0 Å². The third-order valence-corrected chi connectivity index (χ3v) is 6.49. The molecule has 0 saturated carbocycles. The molecule has 2 N–H and O–H groups in total. The Kier molecular flexibility index (Phi) is 5.97. The van der Waals surface area contributed by atoms with Crippen LogP contribution in [0, 0.1) is 0 Å². The van der Waals surface area contributed by atoms with Crippen LogP contribution in [-0.4, -0.2) is 11.8 Å². The zero-order chi connectivity index (χ0) is 20.2. The maximum absolute atomic E-state index is 13.1. The molecule has 148 valence electrons. The van der Waals surface area contributed by atoms with E-state index >= 15 is 0 Å². The number of hydrogen-bond donors (Lipinski definition) is 2. The number of carbonyl (C=O) groups is 2. The number of fused-ring (bicyclic) bond motifs is 1. The van der Waals surface area contributed by atoms with Crippen molar-refractivity contribution in [3.8, 4) is 0 Å². The van der Waals surface area contributed by atoms with E-state index in [1.54, 1.807) is 24.3 Å². The molecule has 29 heavy (non-hydrogen) atoms. The highest BCUT2D eigenvalue weighted by Gasteiger charge is 2.26. The molecule has 4 rings (SSSR count). The van der Waals surface area contributed by atoms with Crippen LogP contribution in [0.2, 0.25) is 5.02 Å². The maximum Gasteiger partial charge on any atom is 0.256 e. The fourth-order valence-corrected chi connectivity index (χ4v) is 4.95. The summed E-state index contributed by atoms with van der Waals surface area (Å²) in [4.78, 5) is 27.0. The quantitative estimate of drug-likeness (QED) is 0.571. The molecule has 6 heteroatoms. The van der Waals surface area contributed by atoms with E-state index in [1.165, 1.54) is 16.2 Å². The monoisotopic (exact) mass is 424 g/mol. The molecule has 3 aromatic rings. The van der Waals surface area contributed by atoms with Gasteiger partial charge in [-0.05, 0) is 61.1 Å². The highest BCUT2D eigenvalue weighted by molar-refractivity contribution is 7.17. The predicted octanol–water partition coefficient (Wildman–Crippen LogP) is 5.46. The summed E-state index contributed by atoms with van der Waals surface area (Å²) in [5, 5.41) is 7.17. The van der Waals surface area contributed by atoms with Crippen molar-refractivity contribution < 1.29 is 9.59 Å². The maximum atomic E-state index is 13.1. The second kappa shape index (κ2) is 8.80. The first-order chi connectivity index (χ1) is 14.1. The van der Waals surface area contributed by atoms with Gasteiger partial charge in [0.15, 0.2) is 0 Å². The molecular formula is C23H21ClN2O2S. The lowest BCUT2D eigenvalue weighted by Gasteiger charge is -2.13. The van der Waals surface area contributed by atoms with Crippen molar-refractivity contribution in [2.45, 2.75) is 32.2 Å². The molecule has 4 nitrogen and oxygen atoms in total. The van der Waals surface area contributed by atoms with Crippen LogP contribution in [0.1, 0.15) is 49.6 Å². The summed E-state index contributed by atoms with van der Waals surface area (Å²) < 4.78 is 0. The zero-order valence-corrected chi connectivity index (χ0v) is 17.4. The predicted molar refractivity (Wildman–Crippen MR) is 118 cm³/mol. The summed E-state index contributed by atoms with van der Waals surface area (Å²) in [6.07, 6.45) is 4.00. The van der Waals surface area contributed by atoms with Gasteiger partial charge in [0.25, 0.3) is 11.8 Å². The van der Waals surface area contributed by atoms with E-state index in [0.717, 1.165) is 36.8 Å². The Morgan fingerprint density at radius 1 is 0.931 bits per heavy atom. The van der Waals surface area contributed by atoms with Crippen LogP contribution < -0.4 is 10.6 Å². The summed E-state index contributed by atoms with van der Waals surface area (Å²) in [6, 6.07) is 16.5. The lowest BCUT2D eigenvalue weighted by atomic mass is 9.95. The van der Waals surface area contributed by atoms with Crippen LogP contribution in [0.4, 0.5) is 5.00 Å². The van der Waals surface area contributed by atoms with E-state index in [9.17, 15) is 9.59 Å². The Labute approximate surface area is 178 Å². The molecule has 1 aliphatic rings. The Morgan fingerprint density at radius 2 is 1.66 bits per heavy atom. The van der Waals surface area contributed by atoms with Crippen LogP contribution in [-0.2, 0) is 19.4 Å². The molecule has 1 heterocycles. The van der Waals surface area contributed by atoms with Crippen LogP contribution in [0.5, 0.6) is 0 Å². The van der Waals surface area contributed by atoms with Gasteiger partial charge in [-0.25, -0.2) is 0 Å². The molecule has 0 bridgehead atoms. The Morgan fingerprint density at radius 3 is 2.41 bits per heavy atom. The van der Waals surface area contributed by atoms with E-state index in [1.807, 2.05) is 30.3 Å². The number of nitrogens with one attached hydrogen (secondary N) is 2. The topological polar surface area (TPSA) is 58.2 Å². The third kappa shape index (κ3) is 4.52. The number of halogens is 1. The van der Waals surface area contributed by atoms with Crippen molar-refractivity contribution in [3.63, 3.8) is 0 Å². The Hall–Kier alpha value is -2.63. The molecule has 2 amide bonds. The molecule has 1 aliphatic carbocycles. The van der Waals surface area contributed by atoms with Crippen LogP contribution in [0.25, 0.3) is 0 Å². The number of benzene rings is 2. The largest absolute Gasteiger partial charge is 0.348 e. The van der Waals surface area contributed by atoms with Crippen molar-refractivity contribution in [1.82, 2.24) is 5.32 Å². The molecule has 2 aromatic carbocycles. The highest BCUT2D eigenvalue weighted by Crippen LogP contribution is 2.38.